The molecule has 0 fully saturated rings. The van der Waals surface area contributed by atoms with Crippen molar-refractivity contribution in [2.24, 2.45) is 0 Å². The molecule has 2 nitrogen and oxygen atoms in total. The van der Waals surface area contributed by atoms with E-state index in [4.69, 9.17) is 4.74 Å². The molecule has 0 saturated heterocycles. The van der Waals surface area contributed by atoms with Crippen LogP contribution in [0.3, 0.4) is 0 Å². The van der Waals surface area contributed by atoms with Gasteiger partial charge in [-0.25, -0.2) is 13.6 Å². The maximum atomic E-state index is 12.9. The smallest absolute Gasteiger partial charge is 0.343 e. The lowest BCUT2D eigenvalue weighted by atomic mass is 10.2. The fraction of sp³-hybridized carbons (Fsp3) is 0. The van der Waals surface area contributed by atoms with E-state index >= 15 is 0 Å². The van der Waals surface area contributed by atoms with E-state index in [-0.39, 0.29) is 5.56 Å². The van der Waals surface area contributed by atoms with Crippen LogP contribution in [0.25, 0.3) is 0 Å². The second-order valence-electron chi connectivity index (χ2n) is 3.33. The van der Waals surface area contributed by atoms with Crippen molar-refractivity contribution in [2.75, 3.05) is 0 Å². The number of ether oxygens (including phenoxy) is 1. The highest BCUT2D eigenvalue weighted by Crippen LogP contribution is 2.13. The number of hydrogen-bond acceptors (Lipinski definition) is 2. The van der Waals surface area contributed by atoms with Crippen LogP contribution >= 0.6 is 0 Å². The van der Waals surface area contributed by atoms with Gasteiger partial charge in [-0.3, -0.25) is 0 Å². The average molecular weight is 234 g/mol. The molecule has 2 aromatic carbocycles. The van der Waals surface area contributed by atoms with Gasteiger partial charge in [-0.15, -0.1) is 0 Å². The molecule has 2 aromatic rings. The molecule has 0 aromatic heterocycles. The summed E-state index contributed by atoms with van der Waals surface area (Å²) in [5.74, 6) is -2.45. The van der Waals surface area contributed by atoms with Gasteiger partial charge in [0.15, 0.2) is 11.6 Å². The number of benzene rings is 2. The van der Waals surface area contributed by atoms with Gasteiger partial charge < -0.3 is 4.74 Å². The first kappa shape index (κ1) is 11.3. The largest absolute Gasteiger partial charge is 0.423 e. The van der Waals surface area contributed by atoms with Gasteiger partial charge in [-0.1, -0.05) is 18.2 Å². The van der Waals surface area contributed by atoms with E-state index in [0.717, 1.165) is 12.1 Å². The number of halogens is 2. The van der Waals surface area contributed by atoms with Gasteiger partial charge in [0.05, 0.1) is 5.56 Å². The van der Waals surface area contributed by atoms with E-state index in [9.17, 15) is 13.6 Å². The molecule has 0 N–H and O–H groups in total. The first-order valence-corrected chi connectivity index (χ1v) is 4.89. The van der Waals surface area contributed by atoms with Crippen molar-refractivity contribution in [1.82, 2.24) is 0 Å². The van der Waals surface area contributed by atoms with E-state index in [1.54, 1.807) is 30.3 Å². The lowest BCUT2D eigenvalue weighted by Gasteiger charge is -2.04. The Morgan fingerprint density at radius 2 is 1.65 bits per heavy atom. The Kier molecular flexibility index (Phi) is 3.14. The van der Waals surface area contributed by atoms with E-state index in [1.807, 2.05) is 0 Å². The molecular weight excluding hydrogens is 226 g/mol. The van der Waals surface area contributed by atoms with Crippen LogP contribution in [0.1, 0.15) is 10.4 Å². The van der Waals surface area contributed by atoms with E-state index in [1.165, 1.54) is 6.07 Å². The molecule has 0 heterocycles. The monoisotopic (exact) mass is 234 g/mol. The Bertz CT molecular complexity index is 538. The van der Waals surface area contributed by atoms with Crippen LogP contribution in [0.5, 0.6) is 5.75 Å². The third-order valence-electron chi connectivity index (χ3n) is 2.11. The van der Waals surface area contributed by atoms with Gasteiger partial charge in [0.2, 0.25) is 0 Å². The second kappa shape index (κ2) is 4.74. The molecule has 0 bridgehead atoms. The molecule has 2 rings (SSSR count). The van der Waals surface area contributed by atoms with Gasteiger partial charge in [-0.05, 0) is 30.3 Å². The first-order valence-electron chi connectivity index (χ1n) is 4.89. The van der Waals surface area contributed by atoms with Gasteiger partial charge >= 0.3 is 5.97 Å². The highest BCUT2D eigenvalue weighted by Gasteiger charge is 2.11. The Balaban J connectivity index is 2.18. The van der Waals surface area contributed by atoms with E-state index in [2.05, 4.69) is 0 Å². The molecule has 4 heteroatoms. The third kappa shape index (κ3) is 2.66. The minimum Gasteiger partial charge on any atom is -0.423 e. The SMILES string of the molecule is O=C(Oc1ccccc1)c1ccc(F)c(F)c1. The van der Waals surface area contributed by atoms with E-state index < -0.39 is 17.6 Å². The number of carbonyl (C=O) groups excluding carboxylic acids is 1. The summed E-state index contributed by atoms with van der Waals surface area (Å²) in [6, 6.07) is 11.2. The molecule has 0 amide bonds. The van der Waals surface area contributed by atoms with Crippen molar-refractivity contribution in [3.05, 3.63) is 65.7 Å². The summed E-state index contributed by atoms with van der Waals surface area (Å²) in [5.41, 5.74) is -0.0345. The quantitative estimate of drug-likeness (QED) is 0.589. The summed E-state index contributed by atoms with van der Waals surface area (Å²) in [6.45, 7) is 0. The van der Waals surface area contributed by atoms with Gasteiger partial charge in [0, 0.05) is 0 Å². The first-order chi connectivity index (χ1) is 8.16. The number of hydrogen-bond donors (Lipinski definition) is 0. The molecule has 0 aliphatic heterocycles. The molecule has 0 radical (unpaired) electrons. The molecule has 0 spiro atoms. The van der Waals surface area contributed by atoms with Crippen molar-refractivity contribution in [3.8, 4) is 5.75 Å². The topological polar surface area (TPSA) is 26.3 Å². The average Bonchev–Trinajstić information content (AvgIpc) is 2.34. The van der Waals surface area contributed by atoms with Crippen molar-refractivity contribution in [3.63, 3.8) is 0 Å². The maximum Gasteiger partial charge on any atom is 0.343 e. The fourth-order valence-corrected chi connectivity index (χ4v) is 1.28. The molecule has 0 aliphatic carbocycles. The Morgan fingerprint density at radius 3 is 2.29 bits per heavy atom. The van der Waals surface area contributed by atoms with Crippen LogP contribution in [-0.4, -0.2) is 5.97 Å². The maximum absolute atomic E-state index is 12.9. The zero-order chi connectivity index (χ0) is 12.3. The minimum absolute atomic E-state index is 0.0345. The summed E-state index contributed by atoms with van der Waals surface area (Å²) in [4.78, 5) is 11.6. The molecule has 0 atom stereocenters. The number of para-hydroxylation sites is 1. The Labute approximate surface area is 96.5 Å². The molecule has 0 aliphatic rings. The summed E-state index contributed by atoms with van der Waals surface area (Å²) < 4.78 is 30.5. The molecule has 0 saturated carbocycles. The zero-order valence-electron chi connectivity index (χ0n) is 8.69. The predicted octanol–water partition coefficient (Wildman–Crippen LogP) is 3.18. The Morgan fingerprint density at radius 1 is 0.941 bits per heavy atom. The molecule has 86 valence electrons. The van der Waals surface area contributed by atoms with Crippen LogP contribution in [-0.2, 0) is 0 Å². The summed E-state index contributed by atoms with van der Waals surface area (Å²) in [6.07, 6.45) is 0. The van der Waals surface area contributed by atoms with Crippen molar-refractivity contribution in [1.29, 1.82) is 0 Å². The van der Waals surface area contributed by atoms with Crippen molar-refractivity contribution >= 4 is 5.97 Å². The molecular formula is C13H8F2O2. The normalized spacial score (nSPS) is 10.0. The van der Waals surface area contributed by atoms with Gasteiger partial charge in [0.25, 0.3) is 0 Å². The highest BCUT2D eigenvalue weighted by atomic mass is 19.2. The molecule has 17 heavy (non-hydrogen) atoms. The van der Waals surface area contributed by atoms with E-state index in [0.29, 0.717) is 5.75 Å². The number of carbonyl (C=O) groups is 1. The molecule has 0 unspecified atom stereocenters. The van der Waals surface area contributed by atoms with Crippen LogP contribution in [0, 0.1) is 11.6 Å². The second-order valence-corrected chi connectivity index (χ2v) is 3.33. The van der Waals surface area contributed by atoms with Gasteiger partial charge in [0.1, 0.15) is 5.75 Å². The lowest BCUT2D eigenvalue weighted by molar-refractivity contribution is 0.0734. The third-order valence-corrected chi connectivity index (χ3v) is 2.11. The summed E-state index contributed by atoms with van der Waals surface area (Å²) >= 11 is 0. The summed E-state index contributed by atoms with van der Waals surface area (Å²) in [5, 5.41) is 0. The zero-order valence-corrected chi connectivity index (χ0v) is 8.69. The lowest BCUT2D eigenvalue weighted by Crippen LogP contribution is -2.09. The summed E-state index contributed by atoms with van der Waals surface area (Å²) in [7, 11) is 0. The fourth-order valence-electron chi connectivity index (χ4n) is 1.28. The van der Waals surface area contributed by atoms with Crippen molar-refractivity contribution in [2.45, 2.75) is 0 Å². The number of rotatable bonds is 2. The minimum atomic E-state index is -1.08. The van der Waals surface area contributed by atoms with Crippen LogP contribution in [0.2, 0.25) is 0 Å². The van der Waals surface area contributed by atoms with Crippen LogP contribution in [0.4, 0.5) is 8.78 Å². The van der Waals surface area contributed by atoms with Crippen LogP contribution in [0.15, 0.2) is 48.5 Å². The highest BCUT2D eigenvalue weighted by molar-refractivity contribution is 5.91. The van der Waals surface area contributed by atoms with Gasteiger partial charge in [-0.2, -0.15) is 0 Å². The number of esters is 1. The Hall–Kier alpha value is -2.23. The standard InChI is InChI=1S/C13H8F2O2/c14-11-7-6-9(8-12(11)15)13(16)17-10-4-2-1-3-5-10/h1-8H. The van der Waals surface area contributed by atoms with Crippen molar-refractivity contribution < 1.29 is 18.3 Å². The van der Waals surface area contributed by atoms with Crippen LogP contribution < -0.4 is 4.74 Å². The predicted molar refractivity (Wildman–Crippen MR) is 57.8 cm³/mol.